The molecule has 3 rings (SSSR count). The topological polar surface area (TPSA) is 34.9 Å². The van der Waals surface area contributed by atoms with E-state index in [1.54, 1.807) is 12.3 Å². The maximum atomic E-state index is 13.2. The van der Waals surface area contributed by atoms with Gasteiger partial charge in [-0.15, -0.1) is 0 Å². The molecule has 0 aliphatic carbocycles. The van der Waals surface area contributed by atoms with Gasteiger partial charge in [-0.2, -0.15) is 0 Å². The van der Waals surface area contributed by atoms with Crippen molar-refractivity contribution in [1.29, 1.82) is 0 Å². The fourth-order valence-electron chi connectivity index (χ4n) is 2.12. The molecule has 0 spiro atoms. The van der Waals surface area contributed by atoms with E-state index in [4.69, 9.17) is 0 Å². The van der Waals surface area contributed by atoms with Crippen LogP contribution in [0.15, 0.2) is 53.6 Å². The maximum absolute atomic E-state index is 13.2. The van der Waals surface area contributed by atoms with E-state index in [0.717, 1.165) is 17.4 Å². The summed E-state index contributed by atoms with van der Waals surface area (Å²) in [6.45, 7) is 1.93. The van der Waals surface area contributed by atoms with E-state index in [1.165, 1.54) is 10.6 Å². The van der Waals surface area contributed by atoms with E-state index >= 15 is 0 Å². The Kier molecular flexibility index (Phi) is 2.63. The predicted molar refractivity (Wildman–Crippen MR) is 72.0 cm³/mol. The summed E-state index contributed by atoms with van der Waals surface area (Å²) in [5.41, 5.74) is 2.00. The highest BCUT2D eigenvalue weighted by Crippen LogP contribution is 2.14. The van der Waals surface area contributed by atoms with Gasteiger partial charge >= 0.3 is 0 Å². The van der Waals surface area contributed by atoms with Crippen LogP contribution in [0.5, 0.6) is 0 Å². The number of hydrogen-bond donors (Lipinski definition) is 0. The van der Waals surface area contributed by atoms with Crippen molar-refractivity contribution in [1.82, 2.24) is 9.55 Å². The van der Waals surface area contributed by atoms with Crippen LogP contribution in [0.3, 0.4) is 0 Å². The fraction of sp³-hybridized carbons (Fsp3) is 0.0667. The molecule has 0 fully saturated rings. The molecule has 2 aromatic heterocycles. The molecule has 3 aromatic rings. The Morgan fingerprint density at radius 2 is 2.00 bits per heavy atom. The molecule has 0 aliphatic heterocycles. The van der Waals surface area contributed by atoms with E-state index < -0.39 is 5.82 Å². The van der Waals surface area contributed by atoms with Gasteiger partial charge in [0.25, 0.3) is 5.56 Å². The van der Waals surface area contributed by atoms with E-state index in [-0.39, 0.29) is 10.9 Å². The van der Waals surface area contributed by atoms with Crippen molar-refractivity contribution < 1.29 is 4.39 Å². The number of aryl methyl sites for hydroxylation is 1. The first-order valence-electron chi connectivity index (χ1n) is 5.90. The molecule has 0 saturated carbocycles. The molecule has 0 saturated heterocycles. The number of aromatic nitrogens is 2. The van der Waals surface area contributed by atoms with Gasteiger partial charge in [-0.05, 0) is 30.7 Å². The smallest absolute Gasteiger partial charge is 0.264 e. The number of fused-ring (bicyclic) bond motifs is 1. The lowest BCUT2D eigenvalue weighted by Gasteiger charge is -2.09. The zero-order valence-corrected chi connectivity index (χ0v) is 10.3. The zero-order valence-electron chi connectivity index (χ0n) is 10.3. The molecular formula is C15H11FN2O. The summed E-state index contributed by atoms with van der Waals surface area (Å²) in [6.07, 6.45) is 2.78. The van der Waals surface area contributed by atoms with Crippen molar-refractivity contribution in [2.45, 2.75) is 6.92 Å². The number of para-hydroxylation sites is 1. The summed E-state index contributed by atoms with van der Waals surface area (Å²) in [7, 11) is 0. The van der Waals surface area contributed by atoms with Crippen LogP contribution in [0, 0.1) is 12.7 Å². The van der Waals surface area contributed by atoms with Gasteiger partial charge in [0.1, 0.15) is 5.82 Å². The van der Waals surface area contributed by atoms with Gasteiger partial charge in [0.15, 0.2) is 0 Å². The number of nitrogens with zero attached hydrogens (tertiary/aromatic N) is 2. The largest absolute Gasteiger partial charge is 0.283 e. The Morgan fingerprint density at radius 3 is 2.79 bits per heavy atom. The monoisotopic (exact) mass is 254 g/mol. The van der Waals surface area contributed by atoms with Crippen molar-refractivity contribution in [3.63, 3.8) is 0 Å². The standard InChI is InChI=1S/C15H11FN2O/c1-10-4-2-3-5-14(10)18-7-6-13-12(15(18)19)8-11(16)9-17-13/h2-9H,1H3. The molecule has 0 aliphatic rings. The SMILES string of the molecule is Cc1ccccc1-n1ccc2ncc(F)cc2c1=O. The van der Waals surface area contributed by atoms with E-state index in [0.29, 0.717) is 5.52 Å². The predicted octanol–water partition coefficient (Wildman–Crippen LogP) is 2.83. The molecule has 0 bridgehead atoms. The van der Waals surface area contributed by atoms with Gasteiger partial charge in [-0.3, -0.25) is 14.3 Å². The van der Waals surface area contributed by atoms with Crippen molar-refractivity contribution in [2.75, 3.05) is 0 Å². The first kappa shape index (κ1) is 11.6. The second-order valence-corrected chi connectivity index (χ2v) is 4.36. The third-order valence-electron chi connectivity index (χ3n) is 3.09. The lowest BCUT2D eigenvalue weighted by atomic mass is 10.2. The zero-order chi connectivity index (χ0) is 13.4. The lowest BCUT2D eigenvalue weighted by molar-refractivity contribution is 0.624. The van der Waals surface area contributed by atoms with Gasteiger partial charge in [-0.25, -0.2) is 4.39 Å². The lowest BCUT2D eigenvalue weighted by Crippen LogP contribution is -2.18. The number of rotatable bonds is 1. The van der Waals surface area contributed by atoms with Gasteiger partial charge < -0.3 is 0 Å². The van der Waals surface area contributed by atoms with Crippen LogP contribution < -0.4 is 5.56 Å². The van der Waals surface area contributed by atoms with Crippen LogP contribution >= 0.6 is 0 Å². The number of pyridine rings is 2. The quantitative estimate of drug-likeness (QED) is 0.669. The van der Waals surface area contributed by atoms with Gasteiger partial charge in [-0.1, -0.05) is 18.2 Å². The Bertz CT molecular complexity index is 824. The summed E-state index contributed by atoms with van der Waals surface area (Å²) in [5, 5.41) is 0.283. The van der Waals surface area contributed by atoms with Crippen molar-refractivity contribution >= 4 is 10.9 Å². The average molecular weight is 254 g/mol. The van der Waals surface area contributed by atoms with Gasteiger partial charge in [0.2, 0.25) is 0 Å². The molecule has 0 amide bonds. The average Bonchev–Trinajstić information content (AvgIpc) is 2.41. The highest BCUT2D eigenvalue weighted by molar-refractivity contribution is 5.77. The Balaban J connectivity index is 2.35. The van der Waals surface area contributed by atoms with Crippen molar-refractivity contribution in [3.8, 4) is 5.69 Å². The summed E-state index contributed by atoms with van der Waals surface area (Å²) in [5.74, 6) is -0.507. The van der Waals surface area contributed by atoms with E-state index in [1.807, 2.05) is 31.2 Å². The minimum Gasteiger partial charge on any atom is -0.283 e. The molecule has 1 aromatic carbocycles. The van der Waals surface area contributed by atoms with Crippen LogP contribution in [0.25, 0.3) is 16.6 Å². The molecular weight excluding hydrogens is 243 g/mol. The van der Waals surface area contributed by atoms with Crippen molar-refractivity contribution in [3.05, 3.63) is 70.5 Å². The highest BCUT2D eigenvalue weighted by atomic mass is 19.1. The fourth-order valence-corrected chi connectivity index (χ4v) is 2.12. The van der Waals surface area contributed by atoms with E-state index in [9.17, 15) is 9.18 Å². The van der Waals surface area contributed by atoms with Crippen LogP contribution in [0.2, 0.25) is 0 Å². The van der Waals surface area contributed by atoms with Crippen LogP contribution in [0.1, 0.15) is 5.56 Å². The molecule has 0 unspecified atom stereocenters. The number of hydrogen-bond acceptors (Lipinski definition) is 2. The Labute approximate surface area is 109 Å². The summed E-state index contributed by atoms with van der Waals surface area (Å²) in [6, 6.07) is 10.5. The first-order valence-corrected chi connectivity index (χ1v) is 5.90. The van der Waals surface area contributed by atoms with Gasteiger partial charge in [0.05, 0.1) is 22.8 Å². The maximum Gasteiger partial charge on any atom is 0.264 e. The van der Waals surface area contributed by atoms with Crippen LogP contribution in [0.4, 0.5) is 4.39 Å². The van der Waals surface area contributed by atoms with Gasteiger partial charge in [0, 0.05) is 6.20 Å². The molecule has 3 nitrogen and oxygen atoms in total. The second kappa shape index (κ2) is 4.31. The molecule has 0 N–H and O–H groups in total. The number of benzene rings is 1. The summed E-state index contributed by atoms with van der Waals surface area (Å²) < 4.78 is 14.7. The van der Waals surface area contributed by atoms with Crippen LogP contribution in [-0.2, 0) is 0 Å². The van der Waals surface area contributed by atoms with Crippen LogP contribution in [-0.4, -0.2) is 9.55 Å². The normalized spacial score (nSPS) is 10.8. The number of halogens is 1. The third kappa shape index (κ3) is 1.91. The molecule has 0 radical (unpaired) electrons. The minimum absolute atomic E-state index is 0.265. The minimum atomic E-state index is -0.507. The summed E-state index contributed by atoms with van der Waals surface area (Å²) >= 11 is 0. The molecule has 0 atom stereocenters. The Hall–Kier alpha value is -2.49. The highest BCUT2D eigenvalue weighted by Gasteiger charge is 2.07. The Morgan fingerprint density at radius 1 is 1.21 bits per heavy atom. The van der Waals surface area contributed by atoms with Crippen molar-refractivity contribution in [2.24, 2.45) is 0 Å². The molecule has 2 heterocycles. The molecule has 94 valence electrons. The second-order valence-electron chi connectivity index (χ2n) is 4.36. The first-order chi connectivity index (χ1) is 9.16. The third-order valence-corrected chi connectivity index (χ3v) is 3.09. The summed E-state index contributed by atoms with van der Waals surface area (Å²) in [4.78, 5) is 16.3. The van der Waals surface area contributed by atoms with E-state index in [2.05, 4.69) is 4.98 Å². The molecule has 19 heavy (non-hydrogen) atoms. The molecule has 4 heteroatoms.